The molecule has 1 aliphatic carbocycles. The second-order valence-corrected chi connectivity index (χ2v) is 8.09. The molecule has 2 aromatic heterocycles. The van der Waals surface area contributed by atoms with Crippen molar-refractivity contribution in [3.8, 4) is 0 Å². The molecule has 7 heteroatoms. The molecule has 1 aliphatic rings. The van der Waals surface area contributed by atoms with Crippen LogP contribution in [0.1, 0.15) is 61.5 Å². The van der Waals surface area contributed by atoms with Gasteiger partial charge in [-0.2, -0.15) is 13.2 Å². The first kappa shape index (κ1) is 19.2. The predicted octanol–water partition coefficient (Wildman–Crippen LogP) is 6.71. The van der Waals surface area contributed by atoms with Crippen molar-refractivity contribution < 1.29 is 13.2 Å². The van der Waals surface area contributed by atoms with Crippen LogP contribution in [0.2, 0.25) is 5.02 Å². The van der Waals surface area contributed by atoms with Crippen molar-refractivity contribution in [2.75, 3.05) is 0 Å². The highest BCUT2D eigenvalue weighted by Gasteiger charge is 2.34. The molecule has 0 radical (unpaired) electrons. The van der Waals surface area contributed by atoms with Crippen molar-refractivity contribution in [3.05, 3.63) is 58.6 Å². The largest absolute Gasteiger partial charge is 0.433 e. The first-order chi connectivity index (χ1) is 13.3. The lowest BCUT2D eigenvalue weighted by Gasteiger charge is -2.32. The topological polar surface area (TPSA) is 41.6 Å². The summed E-state index contributed by atoms with van der Waals surface area (Å²) in [5, 5.41) is 0.673. The van der Waals surface area contributed by atoms with E-state index in [1.54, 1.807) is 6.07 Å². The molecular formula is C21H21ClF3N3. The summed E-state index contributed by atoms with van der Waals surface area (Å²) < 4.78 is 38.8. The first-order valence-corrected chi connectivity index (χ1v) is 9.87. The number of rotatable bonds is 3. The summed E-state index contributed by atoms with van der Waals surface area (Å²) >= 11 is 6.05. The van der Waals surface area contributed by atoms with Crippen LogP contribution in [0.5, 0.6) is 0 Å². The lowest BCUT2D eigenvalue weighted by Crippen LogP contribution is -2.19. The van der Waals surface area contributed by atoms with Gasteiger partial charge in [0, 0.05) is 17.1 Å². The standard InChI is InChI=1S/C21H21ClF3N3/c1-12(20-27-17-7-6-16(22)11-18(17)28-20)13-2-4-14(5-3-13)15-8-9-26-19(10-15)21(23,24)25/h6-14H,2-5H2,1H3,(H,27,28)/t12-,13?,14?/m1/s1. The van der Waals surface area contributed by atoms with Crippen molar-refractivity contribution in [2.45, 2.75) is 50.6 Å². The maximum atomic E-state index is 12.9. The number of aromatic amines is 1. The number of alkyl halides is 3. The Hall–Kier alpha value is -2.08. The van der Waals surface area contributed by atoms with E-state index in [0.29, 0.717) is 10.9 Å². The number of nitrogens with one attached hydrogen (secondary N) is 1. The summed E-state index contributed by atoms with van der Waals surface area (Å²) in [5.74, 6) is 1.82. The number of fused-ring (bicyclic) bond motifs is 1. The van der Waals surface area contributed by atoms with Crippen molar-refractivity contribution >= 4 is 22.6 Å². The summed E-state index contributed by atoms with van der Waals surface area (Å²) in [4.78, 5) is 11.5. The molecule has 1 N–H and O–H groups in total. The molecule has 0 unspecified atom stereocenters. The molecule has 3 nitrogen and oxygen atoms in total. The van der Waals surface area contributed by atoms with Gasteiger partial charge in [0.2, 0.25) is 0 Å². The summed E-state index contributed by atoms with van der Waals surface area (Å²) in [5.41, 5.74) is 1.77. The number of nitrogens with zero attached hydrogens (tertiary/aromatic N) is 2. The van der Waals surface area contributed by atoms with Crippen LogP contribution in [-0.4, -0.2) is 15.0 Å². The minimum absolute atomic E-state index is 0.155. The van der Waals surface area contributed by atoms with Crippen LogP contribution in [0.15, 0.2) is 36.5 Å². The number of imidazole rings is 1. The van der Waals surface area contributed by atoms with E-state index < -0.39 is 11.9 Å². The number of halogens is 4. The van der Waals surface area contributed by atoms with Crippen LogP contribution in [-0.2, 0) is 6.18 Å². The summed E-state index contributed by atoms with van der Waals surface area (Å²) in [6.45, 7) is 2.17. The Morgan fingerprint density at radius 2 is 1.86 bits per heavy atom. The van der Waals surface area contributed by atoms with E-state index in [4.69, 9.17) is 16.6 Å². The molecule has 0 bridgehead atoms. The van der Waals surface area contributed by atoms with E-state index in [1.807, 2.05) is 18.2 Å². The van der Waals surface area contributed by atoms with Crippen molar-refractivity contribution in [2.24, 2.45) is 5.92 Å². The third-order valence-electron chi connectivity index (χ3n) is 5.92. The number of benzene rings is 1. The molecular weight excluding hydrogens is 387 g/mol. The lowest BCUT2D eigenvalue weighted by atomic mass is 9.74. The van der Waals surface area contributed by atoms with Gasteiger partial charge in [0.25, 0.3) is 0 Å². The number of pyridine rings is 1. The fourth-order valence-electron chi connectivity index (χ4n) is 4.25. The van der Waals surface area contributed by atoms with Crippen LogP contribution in [0.25, 0.3) is 11.0 Å². The molecule has 28 heavy (non-hydrogen) atoms. The Balaban J connectivity index is 1.44. The highest BCUT2D eigenvalue weighted by molar-refractivity contribution is 6.31. The Morgan fingerprint density at radius 1 is 1.11 bits per heavy atom. The SMILES string of the molecule is C[C@@H](c1nc2ccc(Cl)cc2[nH]1)C1CCC(c2ccnc(C(F)(F)F)c2)CC1. The van der Waals surface area contributed by atoms with E-state index in [1.165, 1.54) is 12.3 Å². The molecule has 1 fully saturated rings. The Bertz CT molecular complexity index is 974. The van der Waals surface area contributed by atoms with E-state index >= 15 is 0 Å². The fraction of sp³-hybridized carbons (Fsp3) is 0.429. The number of hydrogen-bond donors (Lipinski definition) is 1. The fourth-order valence-corrected chi connectivity index (χ4v) is 4.42. The molecule has 0 saturated heterocycles. The average molecular weight is 408 g/mol. The molecule has 148 valence electrons. The summed E-state index contributed by atoms with van der Waals surface area (Å²) in [6.07, 6.45) is 0.559. The Kier molecular flexibility index (Phi) is 5.08. The highest BCUT2D eigenvalue weighted by atomic mass is 35.5. The lowest BCUT2D eigenvalue weighted by molar-refractivity contribution is -0.141. The van der Waals surface area contributed by atoms with Gasteiger partial charge in [0.1, 0.15) is 11.5 Å². The quantitative estimate of drug-likeness (QED) is 0.524. The van der Waals surface area contributed by atoms with E-state index in [2.05, 4.69) is 16.9 Å². The van der Waals surface area contributed by atoms with Gasteiger partial charge in [-0.3, -0.25) is 4.98 Å². The molecule has 2 heterocycles. The van der Waals surface area contributed by atoms with Crippen LogP contribution in [0.3, 0.4) is 0 Å². The molecule has 0 aliphatic heterocycles. The smallest absolute Gasteiger partial charge is 0.342 e. The average Bonchev–Trinajstić information content (AvgIpc) is 3.10. The van der Waals surface area contributed by atoms with Crippen molar-refractivity contribution in [1.29, 1.82) is 0 Å². The van der Waals surface area contributed by atoms with Crippen LogP contribution >= 0.6 is 11.6 Å². The van der Waals surface area contributed by atoms with Gasteiger partial charge in [-0.15, -0.1) is 0 Å². The number of H-pyrrole nitrogens is 1. The van der Waals surface area contributed by atoms with E-state index in [9.17, 15) is 13.2 Å². The van der Waals surface area contributed by atoms with Crippen molar-refractivity contribution in [3.63, 3.8) is 0 Å². The molecule has 0 amide bonds. The zero-order chi connectivity index (χ0) is 19.9. The van der Waals surface area contributed by atoms with Crippen molar-refractivity contribution in [1.82, 2.24) is 15.0 Å². The van der Waals surface area contributed by atoms with E-state index in [0.717, 1.165) is 48.1 Å². The van der Waals surface area contributed by atoms with Gasteiger partial charge >= 0.3 is 6.18 Å². The van der Waals surface area contributed by atoms with Gasteiger partial charge in [-0.25, -0.2) is 4.98 Å². The minimum Gasteiger partial charge on any atom is -0.342 e. The highest BCUT2D eigenvalue weighted by Crippen LogP contribution is 2.42. The summed E-state index contributed by atoms with van der Waals surface area (Å²) in [7, 11) is 0. The third kappa shape index (κ3) is 3.88. The molecule has 1 saturated carbocycles. The second-order valence-electron chi connectivity index (χ2n) is 7.66. The predicted molar refractivity (Wildman–Crippen MR) is 103 cm³/mol. The van der Waals surface area contributed by atoms with Gasteiger partial charge in [0.05, 0.1) is 11.0 Å². The van der Waals surface area contributed by atoms with Gasteiger partial charge in [0.15, 0.2) is 0 Å². The zero-order valence-corrected chi connectivity index (χ0v) is 16.2. The van der Waals surface area contributed by atoms with Gasteiger partial charge < -0.3 is 4.98 Å². The molecule has 1 atom stereocenters. The maximum absolute atomic E-state index is 12.9. The Morgan fingerprint density at radius 3 is 2.57 bits per heavy atom. The monoisotopic (exact) mass is 407 g/mol. The second kappa shape index (κ2) is 7.39. The summed E-state index contributed by atoms with van der Waals surface area (Å²) in [6, 6.07) is 8.53. The third-order valence-corrected chi connectivity index (χ3v) is 6.15. The maximum Gasteiger partial charge on any atom is 0.433 e. The van der Waals surface area contributed by atoms with Gasteiger partial charge in [-0.05, 0) is 73.4 Å². The van der Waals surface area contributed by atoms with Crippen LogP contribution in [0, 0.1) is 5.92 Å². The Labute approximate surface area is 166 Å². The van der Waals surface area contributed by atoms with E-state index in [-0.39, 0.29) is 11.8 Å². The normalized spacial score (nSPS) is 21.8. The molecule has 1 aromatic carbocycles. The first-order valence-electron chi connectivity index (χ1n) is 9.49. The molecule has 0 spiro atoms. The molecule has 4 rings (SSSR count). The minimum atomic E-state index is -4.40. The zero-order valence-electron chi connectivity index (χ0n) is 15.4. The number of aromatic nitrogens is 3. The van der Waals surface area contributed by atoms with Crippen LogP contribution < -0.4 is 0 Å². The van der Waals surface area contributed by atoms with Crippen LogP contribution in [0.4, 0.5) is 13.2 Å². The number of hydrogen-bond acceptors (Lipinski definition) is 2. The van der Waals surface area contributed by atoms with Gasteiger partial charge in [-0.1, -0.05) is 18.5 Å². The molecule has 3 aromatic rings.